The molecule has 0 saturated heterocycles. The van der Waals surface area contributed by atoms with Gasteiger partial charge in [-0.15, -0.1) is 0 Å². The minimum Gasteiger partial charge on any atom is -0.325 e. The van der Waals surface area contributed by atoms with Gasteiger partial charge in [0.2, 0.25) is 5.91 Å². The van der Waals surface area contributed by atoms with Crippen molar-refractivity contribution in [3.8, 4) is 0 Å². The molecule has 1 N–H and O–H groups in total. The van der Waals surface area contributed by atoms with Crippen molar-refractivity contribution >= 4 is 28.3 Å². The number of hydrogen-bond donors (Lipinski definition) is 1. The summed E-state index contributed by atoms with van der Waals surface area (Å²) in [7, 11) is 0. The Hall–Kier alpha value is -3.27. The van der Waals surface area contributed by atoms with Crippen molar-refractivity contribution in [1.82, 2.24) is 19.7 Å². The number of nitrogens with zero attached hydrogens (tertiary/aromatic N) is 5. The Labute approximate surface area is 138 Å². The average Bonchev–Trinajstić information content (AvgIpc) is 3.13. The number of carbonyl (C=O) groups excluding carboxylic acids is 1. The third-order valence-electron chi connectivity index (χ3n) is 4.12. The lowest BCUT2D eigenvalue weighted by molar-refractivity contribution is -0.116. The second-order valence-electron chi connectivity index (χ2n) is 5.69. The van der Waals surface area contributed by atoms with E-state index in [0.29, 0.717) is 17.0 Å². The fourth-order valence-corrected chi connectivity index (χ4v) is 3.07. The largest absolute Gasteiger partial charge is 0.325 e. The van der Waals surface area contributed by atoms with Crippen molar-refractivity contribution in [1.29, 1.82) is 0 Å². The van der Waals surface area contributed by atoms with E-state index in [1.54, 1.807) is 18.2 Å². The molecule has 1 aliphatic heterocycles. The van der Waals surface area contributed by atoms with Gasteiger partial charge in [-0.25, -0.2) is 14.8 Å². The predicted molar refractivity (Wildman–Crippen MR) is 88.8 cm³/mol. The van der Waals surface area contributed by atoms with Crippen LogP contribution in [0.15, 0.2) is 30.7 Å². The van der Waals surface area contributed by atoms with Crippen molar-refractivity contribution in [3.05, 3.63) is 53.4 Å². The average molecular weight is 318 g/mol. The van der Waals surface area contributed by atoms with Gasteiger partial charge < -0.3 is 5.32 Å². The second kappa shape index (κ2) is 5.42. The van der Waals surface area contributed by atoms with Crippen LogP contribution in [-0.2, 0) is 11.3 Å². The zero-order valence-corrected chi connectivity index (χ0v) is 13.0. The first-order chi connectivity index (χ1) is 11.7. The standard InChI is InChI=1S/C17H14N6O/c1-3-6-23-8-12-15(19-9-20-16(12)22-23)14-11-7-10(18-2)4-5-13(11)21-17(14)24/h4-5,7-9,14H,3,6H2,1H3,(H,21,24). The molecule has 4 rings (SSSR count). The van der Waals surface area contributed by atoms with E-state index < -0.39 is 5.92 Å². The first-order valence-corrected chi connectivity index (χ1v) is 7.71. The number of nitrogens with one attached hydrogen (secondary N) is 1. The van der Waals surface area contributed by atoms with Gasteiger partial charge in [-0.3, -0.25) is 9.48 Å². The van der Waals surface area contributed by atoms with Crippen LogP contribution in [0, 0.1) is 6.57 Å². The Morgan fingerprint density at radius 3 is 3.04 bits per heavy atom. The highest BCUT2D eigenvalue weighted by molar-refractivity contribution is 6.06. The van der Waals surface area contributed by atoms with Crippen LogP contribution in [0.3, 0.4) is 0 Å². The van der Waals surface area contributed by atoms with E-state index in [2.05, 4.69) is 32.2 Å². The molecule has 0 spiro atoms. The fraction of sp³-hybridized carbons (Fsp3) is 0.235. The maximum atomic E-state index is 12.5. The molecule has 1 aliphatic rings. The molecule has 1 aromatic carbocycles. The Morgan fingerprint density at radius 1 is 1.38 bits per heavy atom. The molecular weight excluding hydrogens is 304 g/mol. The Kier molecular flexibility index (Phi) is 3.24. The van der Waals surface area contributed by atoms with Gasteiger partial charge in [-0.05, 0) is 18.1 Å². The van der Waals surface area contributed by atoms with E-state index in [-0.39, 0.29) is 5.91 Å². The van der Waals surface area contributed by atoms with Gasteiger partial charge in [0.1, 0.15) is 12.2 Å². The van der Waals surface area contributed by atoms with Gasteiger partial charge >= 0.3 is 0 Å². The minimum atomic E-state index is -0.550. The summed E-state index contributed by atoms with van der Waals surface area (Å²) in [5.41, 5.74) is 3.21. The SMILES string of the molecule is [C-]#[N+]c1ccc2c(c1)C(c1ncnc3nn(CCC)cc13)C(=O)N2. The van der Waals surface area contributed by atoms with E-state index in [1.165, 1.54) is 6.33 Å². The van der Waals surface area contributed by atoms with Crippen LogP contribution in [-0.4, -0.2) is 25.7 Å². The zero-order chi connectivity index (χ0) is 16.7. The summed E-state index contributed by atoms with van der Waals surface area (Å²) in [6.45, 7) is 10.0. The lowest BCUT2D eigenvalue weighted by atomic mass is 9.95. The molecule has 118 valence electrons. The van der Waals surface area contributed by atoms with E-state index in [4.69, 9.17) is 6.57 Å². The molecule has 7 heteroatoms. The highest BCUT2D eigenvalue weighted by Gasteiger charge is 2.34. The summed E-state index contributed by atoms with van der Waals surface area (Å²) in [6, 6.07) is 5.21. The molecule has 3 aromatic rings. The quantitative estimate of drug-likeness (QED) is 0.753. The van der Waals surface area contributed by atoms with Gasteiger partial charge in [-0.2, -0.15) is 5.10 Å². The number of hydrogen-bond acceptors (Lipinski definition) is 4. The lowest BCUT2D eigenvalue weighted by Crippen LogP contribution is -2.14. The number of fused-ring (bicyclic) bond motifs is 2. The maximum absolute atomic E-state index is 12.5. The normalized spacial score (nSPS) is 16.0. The summed E-state index contributed by atoms with van der Waals surface area (Å²) in [5.74, 6) is -0.693. The summed E-state index contributed by atoms with van der Waals surface area (Å²) in [6.07, 6.45) is 4.28. The molecule has 24 heavy (non-hydrogen) atoms. The van der Waals surface area contributed by atoms with Gasteiger partial charge in [0.25, 0.3) is 0 Å². The van der Waals surface area contributed by atoms with Crippen molar-refractivity contribution < 1.29 is 4.79 Å². The second-order valence-corrected chi connectivity index (χ2v) is 5.69. The molecule has 2 aromatic heterocycles. The number of anilines is 1. The zero-order valence-electron chi connectivity index (χ0n) is 13.0. The molecule has 0 radical (unpaired) electrons. The van der Waals surface area contributed by atoms with Crippen molar-refractivity contribution in [2.24, 2.45) is 0 Å². The summed E-state index contributed by atoms with van der Waals surface area (Å²) < 4.78 is 1.83. The van der Waals surface area contributed by atoms with Crippen LogP contribution in [0.1, 0.15) is 30.5 Å². The number of benzene rings is 1. The van der Waals surface area contributed by atoms with E-state index in [0.717, 1.165) is 29.6 Å². The molecular formula is C17H14N6O. The summed E-state index contributed by atoms with van der Waals surface area (Å²) in [4.78, 5) is 24.6. The molecule has 0 fully saturated rings. The van der Waals surface area contributed by atoms with Crippen LogP contribution in [0.5, 0.6) is 0 Å². The predicted octanol–water partition coefficient (Wildman–Crippen LogP) is 2.87. The van der Waals surface area contributed by atoms with Crippen molar-refractivity contribution in [2.75, 3.05) is 5.32 Å². The Balaban J connectivity index is 1.89. The molecule has 1 amide bonds. The van der Waals surface area contributed by atoms with E-state index in [9.17, 15) is 4.79 Å². The molecule has 1 atom stereocenters. The fourth-order valence-electron chi connectivity index (χ4n) is 3.07. The first kappa shape index (κ1) is 14.3. The van der Waals surface area contributed by atoms with Crippen molar-refractivity contribution in [3.63, 3.8) is 0 Å². The molecule has 3 heterocycles. The first-order valence-electron chi connectivity index (χ1n) is 7.71. The summed E-state index contributed by atoms with van der Waals surface area (Å²) >= 11 is 0. The Bertz CT molecular complexity index is 1000. The molecule has 7 nitrogen and oxygen atoms in total. The number of rotatable bonds is 3. The molecule has 0 saturated carbocycles. The van der Waals surface area contributed by atoms with Crippen LogP contribution in [0.25, 0.3) is 15.9 Å². The highest BCUT2D eigenvalue weighted by atomic mass is 16.2. The van der Waals surface area contributed by atoms with Gasteiger partial charge in [-0.1, -0.05) is 19.1 Å². The Morgan fingerprint density at radius 2 is 2.25 bits per heavy atom. The highest BCUT2D eigenvalue weighted by Crippen LogP contribution is 2.40. The molecule has 0 bridgehead atoms. The van der Waals surface area contributed by atoms with Crippen LogP contribution in [0.4, 0.5) is 11.4 Å². The number of amides is 1. The van der Waals surface area contributed by atoms with Gasteiger partial charge in [0.05, 0.1) is 17.7 Å². The minimum absolute atomic E-state index is 0.143. The van der Waals surface area contributed by atoms with Gasteiger partial charge in [0, 0.05) is 18.4 Å². The van der Waals surface area contributed by atoms with Crippen LogP contribution >= 0.6 is 0 Å². The number of carbonyl (C=O) groups is 1. The summed E-state index contributed by atoms with van der Waals surface area (Å²) in [5, 5.41) is 8.07. The smallest absolute Gasteiger partial charge is 0.238 e. The topological polar surface area (TPSA) is 77.1 Å². The monoisotopic (exact) mass is 318 g/mol. The lowest BCUT2D eigenvalue weighted by Gasteiger charge is -2.09. The van der Waals surface area contributed by atoms with Gasteiger partial charge in [0.15, 0.2) is 11.3 Å². The number of aromatic nitrogens is 4. The van der Waals surface area contributed by atoms with Crippen molar-refractivity contribution in [2.45, 2.75) is 25.8 Å². The van der Waals surface area contributed by atoms with E-state index in [1.807, 2.05) is 10.9 Å². The van der Waals surface area contributed by atoms with Crippen LogP contribution < -0.4 is 5.32 Å². The van der Waals surface area contributed by atoms with Crippen LogP contribution in [0.2, 0.25) is 0 Å². The third kappa shape index (κ3) is 2.12. The third-order valence-corrected chi connectivity index (χ3v) is 4.12. The molecule has 0 aliphatic carbocycles. The number of aryl methyl sites for hydroxylation is 1. The van der Waals surface area contributed by atoms with E-state index >= 15 is 0 Å². The maximum Gasteiger partial charge on any atom is 0.238 e. The molecule has 1 unspecified atom stereocenters.